The minimum Gasteiger partial charge on any atom is -0.459 e. The number of rotatable bonds is 3. The Morgan fingerprint density at radius 1 is 1.00 bits per heavy atom. The monoisotopic (exact) mass is 395 g/mol. The van der Waals surface area contributed by atoms with Gasteiger partial charge in [-0.2, -0.15) is 0 Å². The number of anilines is 1. The summed E-state index contributed by atoms with van der Waals surface area (Å²) in [5.74, 6) is 0.959. The van der Waals surface area contributed by atoms with Crippen LogP contribution in [0.5, 0.6) is 0 Å². The second-order valence-electron chi connectivity index (χ2n) is 6.11. The molecule has 4 nitrogen and oxygen atoms in total. The Labute approximate surface area is 155 Å². The maximum atomic E-state index is 12.6. The summed E-state index contributed by atoms with van der Waals surface area (Å²) in [6, 6.07) is 9.38. The third-order valence-corrected chi connectivity index (χ3v) is 6.32. The van der Waals surface area contributed by atoms with Gasteiger partial charge in [0.2, 0.25) is 0 Å². The van der Waals surface area contributed by atoms with Gasteiger partial charge in [0, 0.05) is 22.4 Å². The maximum Gasteiger partial charge on any atom is 0.261 e. The van der Waals surface area contributed by atoms with Crippen LogP contribution in [0.3, 0.4) is 0 Å². The number of aryl methyl sites for hydroxylation is 2. The molecule has 0 radical (unpaired) electrons. The lowest BCUT2D eigenvalue weighted by molar-refractivity contribution is 0.506. The topological polar surface area (TPSA) is 59.3 Å². The van der Waals surface area contributed by atoms with Crippen LogP contribution in [0.4, 0.5) is 5.69 Å². The van der Waals surface area contributed by atoms with Crippen molar-refractivity contribution < 1.29 is 12.8 Å². The van der Waals surface area contributed by atoms with Crippen molar-refractivity contribution in [3.63, 3.8) is 0 Å². The number of halogens is 2. The van der Waals surface area contributed by atoms with E-state index in [9.17, 15) is 8.42 Å². The van der Waals surface area contributed by atoms with E-state index in [-0.39, 0.29) is 4.90 Å². The average Bonchev–Trinajstić information content (AvgIpc) is 2.94. The molecule has 0 saturated carbocycles. The van der Waals surface area contributed by atoms with Crippen LogP contribution in [0.2, 0.25) is 10.0 Å². The van der Waals surface area contributed by atoms with Gasteiger partial charge >= 0.3 is 0 Å². The zero-order valence-electron chi connectivity index (χ0n) is 13.2. The SMILES string of the molecule is O=S(=O)(Nc1cc(Cl)c2oc3c(c2c1)CCCC3)c1ccc(Cl)cc1. The summed E-state index contributed by atoms with van der Waals surface area (Å²) < 4.78 is 33.6. The molecule has 1 heterocycles. The second kappa shape index (κ2) is 6.24. The molecular formula is C18H15Cl2NO3S. The summed E-state index contributed by atoms with van der Waals surface area (Å²) >= 11 is 12.2. The molecule has 3 aromatic rings. The highest BCUT2D eigenvalue weighted by Gasteiger charge is 2.21. The number of furan rings is 1. The summed E-state index contributed by atoms with van der Waals surface area (Å²) in [5.41, 5.74) is 2.18. The van der Waals surface area contributed by atoms with Gasteiger partial charge in [-0.3, -0.25) is 4.72 Å². The van der Waals surface area contributed by atoms with Crippen LogP contribution >= 0.6 is 23.2 Å². The molecule has 0 saturated heterocycles. The lowest BCUT2D eigenvalue weighted by Crippen LogP contribution is -2.12. The molecule has 0 fully saturated rings. The van der Waals surface area contributed by atoms with Crippen LogP contribution in [-0.4, -0.2) is 8.42 Å². The number of sulfonamides is 1. The zero-order chi connectivity index (χ0) is 17.6. The van der Waals surface area contributed by atoms with Crippen molar-refractivity contribution in [2.75, 3.05) is 4.72 Å². The van der Waals surface area contributed by atoms with Crippen LogP contribution < -0.4 is 4.72 Å². The molecule has 25 heavy (non-hydrogen) atoms. The fraction of sp³-hybridized carbons (Fsp3) is 0.222. The van der Waals surface area contributed by atoms with E-state index in [2.05, 4.69) is 4.72 Å². The highest BCUT2D eigenvalue weighted by Crippen LogP contribution is 2.38. The first-order chi connectivity index (χ1) is 11.9. The van der Waals surface area contributed by atoms with E-state index in [1.807, 2.05) is 0 Å². The Balaban J connectivity index is 1.75. The van der Waals surface area contributed by atoms with Gasteiger partial charge in [-0.25, -0.2) is 8.42 Å². The summed E-state index contributed by atoms with van der Waals surface area (Å²) in [6.07, 6.45) is 4.01. The van der Waals surface area contributed by atoms with Gasteiger partial charge in [0.1, 0.15) is 5.76 Å². The Morgan fingerprint density at radius 3 is 2.48 bits per heavy atom. The number of benzene rings is 2. The van der Waals surface area contributed by atoms with Crippen LogP contribution in [0.25, 0.3) is 11.0 Å². The van der Waals surface area contributed by atoms with Gasteiger partial charge in [0.05, 0.1) is 15.6 Å². The summed E-state index contributed by atoms with van der Waals surface area (Å²) in [7, 11) is -3.72. The van der Waals surface area contributed by atoms with Gasteiger partial charge in [-0.15, -0.1) is 0 Å². The third kappa shape index (κ3) is 3.12. The normalized spacial score (nSPS) is 14.5. The fourth-order valence-electron chi connectivity index (χ4n) is 3.21. The smallest absolute Gasteiger partial charge is 0.261 e. The zero-order valence-corrected chi connectivity index (χ0v) is 15.5. The van der Waals surface area contributed by atoms with Gasteiger partial charge in [0.15, 0.2) is 5.58 Å². The Hall–Kier alpha value is -1.69. The predicted molar refractivity (Wildman–Crippen MR) is 100 cm³/mol. The predicted octanol–water partition coefficient (Wildman–Crippen LogP) is 5.42. The van der Waals surface area contributed by atoms with Crippen LogP contribution in [0, 0.1) is 0 Å². The Bertz CT molecular complexity index is 1060. The van der Waals surface area contributed by atoms with Crippen LogP contribution in [0.15, 0.2) is 45.7 Å². The molecule has 4 rings (SSSR count). The maximum absolute atomic E-state index is 12.6. The highest BCUT2D eigenvalue weighted by molar-refractivity contribution is 7.92. The van der Waals surface area contributed by atoms with E-state index in [4.69, 9.17) is 27.6 Å². The number of fused-ring (bicyclic) bond motifs is 3. The Kier molecular flexibility index (Phi) is 4.18. The summed E-state index contributed by atoms with van der Waals surface area (Å²) in [4.78, 5) is 0.141. The van der Waals surface area contributed by atoms with Gasteiger partial charge in [-0.05, 0) is 55.7 Å². The number of hydrogen-bond donors (Lipinski definition) is 1. The first-order valence-electron chi connectivity index (χ1n) is 7.96. The van der Waals surface area contributed by atoms with Crippen molar-refractivity contribution in [2.24, 2.45) is 0 Å². The molecule has 1 aromatic heterocycles. The van der Waals surface area contributed by atoms with Gasteiger partial charge < -0.3 is 4.42 Å². The van der Waals surface area contributed by atoms with Gasteiger partial charge in [-0.1, -0.05) is 23.2 Å². The fourth-order valence-corrected chi connectivity index (χ4v) is 4.63. The number of nitrogens with one attached hydrogen (secondary N) is 1. The van der Waals surface area contributed by atoms with E-state index in [1.54, 1.807) is 24.3 Å². The first-order valence-corrected chi connectivity index (χ1v) is 10.2. The molecule has 1 aliphatic rings. The molecule has 0 atom stereocenters. The standard InChI is InChI=1S/C18H15Cl2NO3S/c19-11-5-7-13(8-6-11)25(22,23)21-12-9-15-14-3-1-2-4-17(14)24-18(15)16(20)10-12/h5-10,21H,1-4H2. The van der Waals surface area contributed by atoms with Crippen molar-refractivity contribution >= 4 is 49.9 Å². The highest BCUT2D eigenvalue weighted by atomic mass is 35.5. The van der Waals surface area contributed by atoms with Crippen molar-refractivity contribution in [3.8, 4) is 0 Å². The molecule has 0 spiro atoms. The second-order valence-corrected chi connectivity index (χ2v) is 8.63. The molecule has 0 amide bonds. The van der Waals surface area contributed by atoms with Crippen LogP contribution in [-0.2, 0) is 22.9 Å². The van der Waals surface area contributed by atoms with E-state index < -0.39 is 10.0 Å². The summed E-state index contributed by atoms with van der Waals surface area (Å²) in [5, 5.41) is 1.77. The van der Waals surface area contributed by atoms with E-state index in [0.717, 1.165) is 42.4 Å². The van der Waals surface area contributed by atoms with Crippen molar-refractivity contribution in [3.05, 3.63) is 57.8 Å². The molecular weight excluding hydrogens is 381 g/mol. The van der Waals surface area contributed by atoms with Crippen LogP contribution in [0.1, 0.15) is 24.2 Å². The molecule has 1 aliphatic carbocycles. The lowest BCUT2D eigenvalue weighted by atomic mass is 9.96. The van der Waals surface area contributed by atoms with Crippen molar-refractivity contribution in [2.45, 2.75) is 30.6 Å². The Morgan fingerprint density at radius 2 is 1.72 bits per heavy atom. The first kappa shape index (κ1) is 16.8. The molecule has 2 aromatic carbocycles. The largest absolute Gasteiger partial charge is 0.459 e. The van der Waals surface area contributed by atoms with Gasteiger partial charge in [0.25, 0.3) is 10.0 Å². The van der Waals surface area contributed by atoms with E-state index in [0.29, 0.717) is 21.3 Å². The minimum atomic E-state index is -3.72. The summed E-state index contributed by atoms with van der Waals surface area (Å²) in [6.45, 7) is 0. The molecule has 1 N–H and O–H groups in total. The quantitative estimate of drug-likeness (QED) is 0.643. The van der Waals surface area contributed by atoms with Crippen molar-refractivity contribution in [1.29, 1.82) is 0 Å². The molecule has 0 bridgehead atoms. The number of hydrogen-bond acceptors (Lipinski definition) is 3. The minimum absolute atomic E-state index is 0.141. The average molecular weight is 396 g/mol. The molecule has 7 heteroatoms. The molecule has 0 unspecified atom stereocenters. The van der Waals surface area contributed by atoms with E-state index >= 15 is 0 Å². The molecule has 0 aliphatic heterocycles. The third-order valence-electron chi connectivity index (χ3n) is 4.39. The lowest BCUT2D eigenvalue weighted by Gasteiger charge is -2.10. The van der Waals surface area contributed by atoms with Crippen molar-refractivity contribution in [1.82, 2.24) is 0 Å². The molecule has 130 valence electrons. The van der Waals surface area contributed by atoms with E-state index in [1.165, 1.54) is 12.1 Å².